The molecule has 0 radical (unpaired) electrons. The van der Waals surface area contributed by atoms with Crippen molar-refractivity contribution in [2.45, 2.75) is 20.3 Å². The molecule has 0 amide bonds. The van der Waals surface area contributed by atoms with Crippen LogP contribution < -0.4 is 0 Å². The van der Waals surface area contributed by atoms with Gasteiger partial charge in [0, 0.05) is 16.8 Å². The van der Waals surface area contributed by atoms with Gasteiger partial charge in [-0.15, -0.1) is 0 Å². The Labute approximate surface area is 97.0 Å². The fraction of sp³-hybridized carbons (Fsp3) is 1.00. The maximum absolute atomic E-state index is 12.0. The number of rotatable bonds is 8. The second-order valence-electron chi connectivity index (χ2n) is 2.22. The molecule has 0 saturated heterocycles. The number of hydrogen-bond acceptors (Lipinski definition) is 4. The number of halogens is 1. The zero-order valence-corrected chi connectivity index (χ0v) is 12.1. The summed E-state index contributed by atoms with van der Waals surface area (Å²) < 4.78 is 17.3. The Morgan fingerprint density at radius 1 is 1.31 bits per heavy atom. The van der Waals surface area contributed by atoms with E-state index in [2.05, 4.69) is 22.9 Å². The lowest BCUT2D eigenvalue weighted by Gasteiger charge is -2.14. The smallest absolute Gasteiger partial charge is 0.313 e. The van der Waals surface area contributed by atoms with Gasteiger partial charge in [0.2, 0.25) is 0 Å². The van der Waals surface area contributed by atoms with Gasteiger partial charge in [-0.1, -0.05) is 45.6 Å². The minimum Gasteiger partial charge on any atom is -0.314 e. The zero-order chi connectivity index (χ0) is 10.2. The molecule has 1 atom stereocenters. The first-order valence-electron chi connectivity index (χ1n) is 4.28. The molecule has 0 spiro atoms. The molecule has 13 heavy (non-hydrogen) atoms. The Balaban J connectivity index is 3.92. The van der Waals surface area contributed by atoms with Gasteiger partial charge in [0.1, 0.15) is 0 Å². The Morgan fingerprint density at radius 3 is 2.38 bits per heavy atom. The van der Waals surface area contributed by atoms with E-state index in [1.807, 2.05) is 6.92 Å². The van der Waals surface area contributed by atoms with E-state index in [9.17, 15) is 4.57 Å². The lowest BCUT2D eigenvalue weighted by molar-refractivity contribution is 0.357. The lowest BCUT2D eigenvalue weighted by atomic mass is 10.6. The molecular formula is C7H16BrO2PS2. The summed E-state index contributed by atoms with van der Waals surface area (Å²) in [6, 6.07) is 0. The summed E-state index contributed by atoms with van der Waals surface area (Å²) in [6.45, 7) is 4.50. The molecule has 0 heterocycles. The molecule has 0 N–H and O–H groups in total. The highest BCUT2D eigenvalue weighted by Crippen LogP contribution is 2.69. The van der Waals surface area contributed by atoms with Crippen LogP contribution in [0.25, 0.3) is 0 Å². The second-order valence-corrected chi connectivity index (χ2v) is 10.6. The van der Waals surface area contributed by atoms with E-state index in [1.165, 1.54) is 22.8 Å². The largest absolute Gasteiger partial charge is 0.314 e. The van der Waals surface area contributed by atoms with Crippen LogP contribution in [0.5, 0.6) is 0 Å². The van der Waals surface area contributed by atoms with E-state index in [0.29, 0.717) is 6.61 Å². The summed E-state index contributed by atoms with van der Waals surface area (Å²) in [6.07, 6.45) is 1.04. The standard InChI is InChI=1S/C7H16BrO2PS2/c1-3-6-12-11(9,10-4-2)13-7-5-8/h3-7H2,1-2H3. The fourth-order valence-corrected chi connectivity index (χ4v) is 8.57. The van der Waals surface area contributed by atoms with Crippen LogP contribution in [0.2, 0.25) is 0 Å². The first-order valence-corrected chi connectivity index (χ1v) is 10.2. The minimum absolute atomic E-state index is 0.531. The molecule has 0 aromatic carbocycles. The molecule has 1 unspecified atom stereocenters. The Kier molecular flexibility index (Phi) is 9.57. The van der Waals surface area contributed by atoms with Crippen molar-refractivity contribution in [1.29, 1.82) is 0 Å². The van der Waals surface area contributed by atoms with Gasteiger partial charge < -0.3 is 4.52 Å². The highest BCUT2D eigenvalue weighted by atomic mass is 79.9. The van der Waals surface area contributed by atoms with Crippen molar-refractivity contribution in [2.24, 2.45) is 0 Å². The minimum atomic E-state index is -2.45. The molecule has 2 nitrogen and oxygen atoms in total. The predicted molar refractivity (Wildman–Crippen MR) is 68.2 cm³/mol. The Hall–Kier alpha value is 1.37. The van der Waals surface area contributed by atoms with Crippen molar-refractivity contribution in [3.8, 4) is 0 Å². The van der Waals surface area contributed by atoms with Crippen molar-refractivity contribution in [3.63, 3.8) is 0 Å². The molecule has 0 aromatic rings. The van der Waals surface area contributed by atoms with E-state index in [4.69, 9.17) is 4.52 Å². The van der Waals surface area contributed by atoms with Crippen LogP contribution in [0.3, 0.4) is 0 Å². The Morgan fingerprint density at radius 2 is 1.92 bits per heavy atom. The van der Waals surface area contributed by atoms with Gasteiger partial charge in [0.25, 0.3) is 0 Å². The summed E-state index contributed by atoms with van der Waals surface area (Å²) >= 11 is 6.22. The maximum atomic E-state index is 12.0. The van der Waals surface area contributed by atoms with E-state index >= 15 is 0 Å². The van der Waals surface area contributed by atoms with Crippen molar-refractivity contribution in [2.75, 3.05) is 23.4 Å². The lowest BCUT2D eigenvalue weighted by Crippen LogP contribution is -1.87. The van der Waals surface area contributed by atoms with Crippen molar-refractivity contribution < 1.29 is 9.09 Å². The third-order valence-corrected chi connectivity index (χ3v) is 9.70. The molecule has 80 valence electrons. The highest BCUT2D eigenvalue weighted by molar-refractivity contribution is 9.09. The molecule has 0 saturated carbocycles. The summed E-state index contributed by atoms with van der Waals surface area (Å²) in [5, 5.41) is 0.863. The summed E-state index contributed by atoms with van der Waals surface area (Å²) in [7, 11) is 0. The van der Waals surface area contributed by atoms with Crippen LogP contribution in [-0.4, -0.2) is 23.4 Å². The van der Waals surface area contributed by atoms with Gasteiger partial charge in [0.15, 0.2) is 0 Å². The molecule has 0 bridgehead atoms. The van der Waals surface area contributed by atoms with Crippen molar-refractivity contribution in [3.05, 3.63) is 0 Å². The van der Waals surface area contributed by atoms with Crippen molar-refractivity contribution >= 4 is 44.5 Å². The molecule has 0 aliphatic heterocycles. The molecule has 0 fully saturated rings. The van der Waals surface area contributed by atoms with Crippen LogP contribution in [0.4, 0.5) is 0 Å². The first kappa shape index (κ1) is 14.4. The van der Waals surface area contributed by atoms with E-state index in [-0.39, 0.29) is 0 Å². The van der Waals surface area contributed by atoms with Crippen LogP contribution in [0, 0.1) is 0 Å². The number of hydrogen-bond donors (Lipinski definition) is 0. The van der Waals surface area contributed by atoms with Gasteiger partial charge in [-0.05, 0) is 13.3 Å². The molecule has 6 heteroatoms. The molecule has 0 aromatic heterocycles. The average Bonchev–Trinajstić information content (AvgIpc) is 2.12. The zero-order valence-electron chi connectivity index (χ0n) is 7.99. The van der Waals surface area contributed by atoms with E-state index < -0.39 is 5.77 Å². The van der Waals surface area contributed by atoms with Gasteiger partial charge in [-0.2, -0.15) is 0 Å². The normalized spacial score (nSPS) is 15.6. The summed E-state index contributed by atoms with van der Waals surface area (Å²) in [4.78, 5) is 0. The molecular weight excluding hydrogens is 291 g/mol. The van der Waals surface area contributed by atoms with Gasteiger partial charge in [-0.3, -0.25) is 4.57 Å². The molecule has 0 rings (SSSR count). The molecule has 0 aliphatic carbocycles. The van der Waals surface area contributed by atoms with E-state index in [0.717, 1.165) is 23.3 Å². The predicted octanol–water partition coefficient (Wildman–Crippen LogP) is 4.40. The van der Waals surface area contributed by atoms with Crippen molar-refractivity contribution in [1.82, 2.24) is 0 Å². The Bertz CT molecular complexity index is 157. The third kappa shape index (κ3) is 7.32. The topological polar surface area (TPSA) is 26.3 Å². The van der Waals surface area contributed by atoms with Crippen LogP contribution >= 0.6 is 44.5 Å². The molecule has 0 aliphatic rings. The van der Waals surface area contributed by atoms with Crippen LogP contribution in [0.15, 0.2) is 0 Å². The average molecular weight is 307 g/mol. The summed E-state index contributed by atoms with van der Waals surface area (Å²) in [5.74, 6) is -0.698. The van der Waals surface area contributed by atoms with Crippen LogP contribution in [-0.2, 0) is 9.09 Å². The highest BCUT2D eigenvalue weighted by Gasteiger charge is 2.23. The van der Waals surface area contributed by atoms with Gasteiger partial charge in [0.05, 0.1) is 6.61 Å². The second kappa shape index (κ2) is 8.66. The summed E-state index contributed by atoms with van der Waals surface area (Å²) in [5.41, 5.74) is 0. The first-order chi connectivity index (χ1) is 6.18. The SMILES string of the molecule is CCCSP(=O)(OCC)SCCBr. The van der Waals surface area contributed by atoms with E-state index in [1.54, 1.807) is 0 Å². The monoisotopic (exact) mass is 306 g/mol. The van der Waals surface area contributed by atoms with Crippen LogP contribution in [0.1, 0.15) is 20.3 Å². The quantitative estimate of drug-likeness (QED) is 0.490. The third-order valence-electron chi connectivity index (χ3n) is 1.07. The fourth-order valence-electron chi connectivity index (χ4n) is 0.619. The van der Waals surface area contributed by atoms with Gasteiger partial charge >= 0.3 is 5.77 Å². The number of alkyl halides is 1. The van der Waals surface area contributed by atoms with Gasteiger partial charge in [-0.25, -0.2) is 0 Å². The maximum Gasteiger partial charge on any atom is 0.313 e.